The Hall–Kier alpha value is -0.390. The summed E-state index contributed by atoms with van der Waals surface area (Å²) >= 11 is 3.06. The van der Waals surface area contributed by atoms with Gasteiger partial charge in [0.25, 0.3) is 0 Å². The van der Waals surface area contributed by atoms with E-state index in [-0.39, 0.29) is 5.75 Å². The summed E-state index contributed by atoms with van der Waals surface area (Å²) < 4.78 is 22.3. The maximum absolute atomic E-state index is 11.6. The van der Waals surface area contributed by atoms with Gasteiger partial charge in [0.05, 0.1) is 0 Å². The Morgan fingerprint density at radius 1 is 1.38 bits per heavy atom. The van der Waals surface area contributed by atoms with Crippen molar-refractivity contribution in [3.05, 3.63) is 35.4 Å². The average molecular weight is 307 g/mol. The molecule has 0 aliphatic carbocycles. The lowest BCUT2D eigenvalue weighted by Crippen LogP contribution is -2.24. The highest BCUT2D eigenvalue weighted by molar-refractivity contribution is 9.11. The Balaban J connectivity index is 3.04. The topological polar surface area (TPSA) is 54.4 Å². The third-order valence-corrected chi connectivity index (χ3v) is 6.46. The van der Waals surface area contributed by atoms with Gasteiger partial charge in [0, 0.05) is 5.75 Å². The first-order valence-corrected chi connectivity index (χ1v) is 7.62. The lowest BCUT2D eigenvalue weighted by molar-refractivity contribution is 0.194. The van der Waals surface area contributed by atoms with Gasteiger partial charge in [-0.2, -0.15) is 0 Å². The predicted molar refractivity (Wildman–Crippen MR) is 68.3 cm³/mol. The van der Waals surface area contributed by atoms with Gasteiger partial charge < -0.3 is 5.11 Å². The van der Waals surface area contributed by atoms with E-state index in [2.05, 4.69) is 15.9 Å². The number of aliphatic hydroxyl groups is 1. The molecule has 0 bridgehead atoms. The molecule has 0 saturated heterocycles. The minimum absolute atomic E-state index is 0.00581. The quantitative estimate of drug-likeness (QED) is 0.868. The molecule has 0 unspecified atom stereocenters. The van der Waals surface area contributed by atoms with Crippen LogP contribution in [0.5, 0.6) is 0 Å². The van der Waals surface area contributed by atoms with Crippen LogP contribution in [0.2, 0.25) is 0 Å². The number of aryl methyl sites for hydroxylation is 1. The minimum Gasteiger partial charge on any atom is -0.386 e. The maximum atomic E-state index is 11.6. The number of halogens is 1. The van der Waals surface area contributed by atoms with Crippen molar-refractivity contribution in [1.29, 1.82) is 0 Å². The molecule has 0 aromatic heterocycles. The molecule has 1 rings (SSSR count). The molecule has 0 aliphatic heterocycles. The number of hydrogen-bond donors (Lipinski definition) is 1. The highest BCUT2D eigenvalue weighted by Crippen LogP contribution is 2.28. The summed E-state index contributed by atoms with van der Waals surface area (Å²) in [5.74, 6) is 0.00581. The van der Waals surface area contributed by atoms with Crippen molar-refractivity contribution in [1.82, 2.24) is 0 Å². The summed E-state index contributed by atoms with van der Waals surface area (Å²) in [6, 6.07) is 7.21. The van der Waals surface area contributed by atoms with Crippen molar-refractivity contribution in [2.75, 3.05) is 5.75 Å². The Labute approximate surface area is 105 Å². The molecule has 1 N–H and O–H groups in total. The van der Waals surface area contributed by atoms with E-state index in [1.165, 1.54) is 0 Å². The normalized spacial score (nSPS) is 15.8. The number of rotatable bonds is 4. The zero-order chi connectivity index (χ0) is 12.3. The Morgan fingerprint density at radius 2 is 1.94 bits per heavy atom. The fourth-order valence-electron chi connectivity index (χ4n) is 1.42. The van der Waals surface area contributed by atoms with Crippen molar-refractivity contribution in [3.8, 4) is 0 Å². The standard InChI is InChI=1S/C11H15BrO3S/c1-3-16(14,15)11(12)10(13)9-7-5-4-6-8(9)2/h4-7,10-11,13H,3H2,1-2H3/t10-,11-/m1/s1. The van der Waals surface area contributed by atoms with Gasteiger partial charge in [-0.05, 0) is 18.1 Å². The van der Waals surface area contributed by atoms with Crippen LogP contribution < -0.4 is 0 Å². The Kier molecular flexibility index (Phi) is 4.52. The predicted octanol–water partition coefficient (Wildman–Crippen LogP) is 2.18. The van der Waals surface area contributed by atoms with Gasteiger partial charge in [-0.15, -0.1) is 0 Å². The number of hydrogen-bond acceptors (Lipinski definition) is 3. The second-order valence-electron chi connectivity index (χ2n) is 3.60. The first-order chi connectivity index (χ1) is 7.40. The summed E-state index contributed by atoms with van der Waals surface area (Å²) in [6.07, 6.45) is -1.04. The molecule has 0 fully saturated rings. The molecule has 0 saturated carbocycles. The number of sulfone groups is 1. The molecule has 0 radical (unpaired) electrons. The average Bonchev–Trinajstić information content (AvgIpc) is 2.27. The highest BCUT2D eigenvalue weighted by atomic mass is 79.9. The lowest BCUT2D eigenvalue weighted by atomic mass is 10.1. The van der Waals surface area contributed by atoms with E-state index in [0.717, 1.165) is 5.56 Å². The lowest BCUT2D eigenvalue weighted by Gasteiger charge is -2.19. The van der Waals surface area contributed by atoms with Crippen LogP contribution in [0.15, 0.2) is 24.3 Å². The zero-order valence-corrected chi connectivity index (χ0v) is 11.6. The van der Waals surface area contributed by atoms with Crippen molar-refractivity contribution in [3.63, 3.8) is 0 Å². The minimum atomic E-state index is -3.30. The molecule has 2 atom stereocenters. The molecular weight excluding hydrogens is 292 g/mol. The fourth-order valence-corrected chi connectivity index (χ4v) is 3.35. The highest BCUT2D eigenvalue weighted by Gasteiger charge is 2.30. The summed E-state index contributed by atoms with van der Waals surface area (Å²) in [6.45, 7) is 3.41. The van der Waals surface area contributed by atoms with Crippen LogP contribution in [0.4, 0.5) is 0 Å². The van der Waals surface area contributed by atoms with Crippen LogP contribution in [-0.4, -0.2) is 23.4 Å². The first-order valence-electron chi connectivity index (χ1n) is 4.99. The summed E-state index contributed by atoms with van der Waals surface area (Å²) in [4.78, 5) is 0. The fraction of sp³-hybridized carbons (Fsp3) is 0.455. The molecular formula is C11H15BrO3S. The Bertz CT molecular complexity index is 456. The molecule has 16 heavy (non-hydrogen) atoms. The third kappa shape index (κ3) is 2.84. The van der Waals surface area contributed by atoms with Crippen LogP contribution in [0.25, 0.3) is 0 Å². The van der Waals surface area contributed by atoms with Gasteiger partial charge in [0.2, 0.25) is 0 Å². The second kappa shape index (κ2) is 5.29. The molecule has 3 nitrogen and oxygen atoms in total. The Morgan fingerprint density at radius 3 is 2.44 bits per heavy atom. The molecule has 90 valence electrons. The second-order valence-corrected chi connectivity index (χ2v) is 7.61. The summed E-state index contributed by atoms with van der Waals surface area (Å²) in [7, 11) is -3.30. The van der Waals surface area contributed by atoms with Crippen molar-refractivity contribution in [2.24, 2.45) is 0 Å². The van der Waals surface area contributed by atoms with Crippen molar-refractivity contribution >= 4 is 25.8 Å². The van der Waals surface area contributed by atoms with E-state index < -0.39 is 20.1 Å². The van der Waals surface area contributed by atoms with Crippen LogP contribution in [0.3, 0.4) is 0 Å². The van der Waals surface area contributed by atoms with Crippen LogP contribution in [0.1, 0.15) is 24.2 Å². The van der Waals surface area contributed by atoms with Crippen LogP contribution in [0, 0.1) is 6.92 Å². The van der Waals surface area contributed by atoms with Crippen molar-refractivity contribution < 1.29 is 13.5 Å². The van der Waals surface area contributed by atoms with E-state index in [4.69, 9.17) is 0 Å². The summed E-state index contributed by atoms with van der Waals surface area (Å²) in [5, 5.41) is 10.0. The number of aliphatic hydroxyl groups excluding tert-OH is 1. The van der Waals surface area contributed by atoms with Gasteiger partial charge >= 0.3 is 0 Å². The smallest absolute Gasteiger partial charge is 0.165 e. The molecule has 0 heterocycles. The molecule has 1 aromatic carbocycles. The SMILES string of the molecule is CCS(=O)(=O)[C@@H](Br)[C@H](O)c1ccccc1C. The van der Waals surface area contributed by atoms with Gasteiger partial charge in [0.1, 0.15) is 10.3 Å². The largest absolute Gasteiger partial charge is 0.386 e. The van der Waals surface area contributed by atoms with E-state index in [1.807, 2.05) is 19.1 Å². The van der Waals surface area contributed by atoms with Crippen LogP contribution in [-0.2, 0) is 9.84 Å². The molecule has 0 spiro atoms. The molecule has 0 aliphatic rings. The van der Waals surface area contributed by atoms with Gasteiger partial charge in [-0.1, -0.05) is 47.1 Å². The van der Waals surface area contributed by atoms with E-state index in [0.29, 0.717) is 5.56 Å². The van der Waals surface area contributed by atoms with Gasteiger partial charge in [-0.3, -0.25) is 0 Å². The van der Waals surface area contributed by atoms with Crippen LogP contribution >= 0.6 is 15.9 Å². The van der Waals surface area contributed by atoms with E-state index >= 15 is 0 Å². The monoisotopic (exact) mass is 306 g/mol. The van der Waals surface area contributed by atoms with Gasteiger partial charge in [0.15, 0.2) is 9.84 Å². The third-order valence-electron chi connectivity index (χ3n) is 2.50. The van der Waals surface area contributed by atoms with Crippen molar-refractivity contribution in [2.45, 2.75) is 24.1 Å². The number of alkyl halides is 1. The van der Waals surface area contributed by atoms with E-state index in [1.54, 1.807) is 19.1 Å². The molecule has 0 amide bonds. The molecule has 1 aromatic rings. The van der Waals surface area contributed by atoms with E-state index in [9.17, 15) is 13.5 Å². The number of benzene rings is 1. The first kappa shape index (κ1) is 13.7. The maximum Gasteiger partial charge on any atom is 0.165 e. The zero-order valence-electron chi connectivity index (χ0n) is 9.22. The molecule has 5 heteroatoms. The van der Waals surface area contributed by atoms with Gasteiger partial charge in [-0.25, -0.2) is 8.42 Å². The summed E-state index contributed by atoms with van der Waals surface area (Å²) in [5.41, 5.74) is 1.52.